The van der Waals surface area contributed by atoms with Crippen molar-refractivity contribution in [2.45, 2.75) is 31.3 Å². The first kappa shape index (κ1) is 19.8. The van der Waals surface area contributed by atoms with Crippen LogP contribution in [0.15, 0.2) is 59.6 Å². The molecule has 0 aliphatic rings. The minimum atomic E-state index is -0.477. The number of aromatic nitrogens is 2. The molecule has 0 saturated heterocycles. The zero-order chi connectivity index (χ0) is 19.9. The molecule has 1 heterocycles. The molecule has 0 bridgehead atoms. The van der Waals surface area contributed by atoms with E-state index in [1.165, 1.54) is 11.8 Å². The van der Waals surface area contributed by atoms with E-state index in [9.17, 15) is 9.59 Å². The van der Waals surface area contributed by atoms with E-state index in [-0.39, 0.29) is 17.7 Å². The van der Waals surface area contributed by atoms with Gasteiger partial charge in [-0.2, -0.15) is 0 Å². The molecule has 0 radical (unpaired) electrons. The Labute approximate surface area is 168 Å². The van der Waals surface area contributed by atoms with Gasteiger partial charge in [-0.05, 0) is 13.3 Å². The second-order valence-electron chi connectivity index (χ2n) is 6.38. The average molecular weight is 395 g/mol. The fourth-order valence-electron chi connectivity index (χ4n) is 2.65. The lowest BCUT2D eigenvalue weighted by Crippen LogP contribution is -2.43. The van der Waals surface area contributed by atoms with Gasteiger partial charge < -0.3 is 5.32 Å². The minimum Gasteiger partial charge on any atom is -0.335 e. The molecule has 0 fully saturated rings. The fourth-order valence-corrected chi connectivity index (χ4v) is 3.43. The molecule has 7 heteroatoms. The number of imide groups is 1. The first-order valence-corrected chi connectivity index (χ1v) is 10.1. The lowest BCUT2D eigenvalue weighted by Gasteiger charge is -2.12. The zero-order valence-corrected chi connectivity index (χ0v) is 16.6. The molecule has 0 aliphatic carbocycles. The number of carbonyl (C=O) groups is 2. The van der Waals surface area contributed by atoms with E-state index in [2.05, 4.69) is 20.8 Å². The molecular formula is C21H22N4O2S. The van der Waals surface area contributed by atoms with E-state index in [0.29, 0.717) is 5.03 Å². The van der Waals surface area contributed by atoms with Gasteiger partial charge in [-0.3, -0.25) is 10.1 Å². The molecule has 3 aromatic rings. The van der Waals surface area contributed by atoms with Gasteiger partial charge in [0.1, 0.15) is 10.7 Å². The Balaban J connectivity index is 1.74. The van der Waals surface area contributed by atoms with Crippen LogP contribution in [0, 0.1) is 0 Å². The summed E-state index contributed by atoms with van der Waals surface area (Å²) in [5.41, 5.74) is 1.79. The van der Waals surface area contributed by atoms with Crippen molar-refractivity contribution in [2.24, 2.45) is 0 Å². The lowest BCUT2D eigenvalue weighted by molar-refractivity contribution is -0.117. The number of fused-ring (bicyclic) bond motifs is 1. The van der Waals surface area contributed by atoms with Crippen LogP contribution in [0.4, 0.5) is 4.79 Å². The highest BCUT2D eigenvalue weighted by Crippen LogP contribution is 2.31. The number of nitrogens with zero attached hydrogens (tertiary/aromatic N) is 2. The second kappa shape index (κ2) is 9.32. The van der Waals surface area contributed by atoms with Crippen LogP contribution in [0.1, 0.15) is 20.3 Å². The van der Waals surface area contributed by atoms with Crippen LogP contribution in [-0.4, -0.2) is 33.9 Å². The van der Waals surface area contributed by atoms with Crippen LogP contribution in [0.25, 0.3) is 22.0 Å². The Morgan fingerprint density at radius 1 is 1.00 bits per heavy atom. The van der Waals surface area contributed by atoms with Gasteiger partial charge in [0, 0.05) is 22.4 Å². The summed E-state index contributed by atoms with van der Waals surface area (Å²) in [5.74, 6) is -0.291. The molecule has 28 heavy (non-hydrogen) atoms. The van der Waals surface area contributed by atoms with Crippen molar-refractivity contribution in [1.82, 2.24) is 20.8 Å². The van der Waals surface area contributed by atoms with Gasteiger partial charge in [0.15, 0.2) is 0 Å². The first-order valence-electron chi connectivity index (χ1n) is 9.12. The van der Waals surface area contributed by atoms with Crippen LogP contribution in [0.2, 0.25) is 0 Å². The average Bonchev–Trinajstić information content (AvgIpc) is 2.72. The number of carbonyl (C=O) groups excluding carboxylic acids is 2. The number of hydrogen-bond donors (Lipinski definition) is 2. The van der Waals surface area contributed by atoms with Crippen molar-refractivity contribution < 1.29 is 9.59 Å². The highest BCUT2D eigenvalue weighted by atomic mass is 32.2. The van der Waals surface area contributed by atoms with Crippen LogP contribution < -0.4 is 10.6 Å². The number of nitrogens with one attached hydrogen (secondary N) is 2. The van der Waals surface area contributed by atoms with E-state index in [1.807, 2.05) is 68.4 Å². The van der Waals surface area contributed by atoms with Crippen LogP contribution >= 0.6 is 11.8 Å². The summed E-state index contributed by atoms with van der Waals surface area (Å²) < 4.78 is 0. The molecule has 6 nitrogen and oxygen atoms in total. The highest BCUT2D eigenvalue weighted by Gasteiger charge is 2.14. The highest BCUT2D eigenvalue weighted by molar-refractivity contribution is 8.00. The number of urea groups is 1. The predicted molar refractivity (Wildman–Crippen MR) is 112 cm³/mol. The maximum Gasteiger partial charge on any atom is 0.321 e. The topological polar surface area (TPSA) is 84.0 Å². The van der Waals surface area contributed by atoms with Crippen molar-refractivity contribution in [2.75, 3.05) is 5.75 Å². The summed E-state index contributed by atoms with van der Waals surface area (Å²) in [5, 5.41) is 16.3. The molecule has 0 unspecified atom stereocenters. The van der Waals surface area contributed by atoms with E-state index in [1.54, 1.807) is 0 Å². The van der Waals surface area contributed by atoms with Crippen molar-refractivity contribution in [3.05, 3.63) is 54.6 Å². The van der Waals surface area contributed by atoms with Crippen molar-refractivity contribution in [1.29, 1.82) is 0 Å². The summed E-state index contributed by atoms with van der Waals surface area (Å²) in [4.78, 5) is 23.8. The Kier molecular flexibility index (Phi) is 6.60. The van der Waals surface area contributed by atoms with Crippen molar-refractivity contribution in [3.8, 4) is 11.3 Å². The summed E-state index contributed by atoms with van der Waals surface area (Å²) in [6.07, 6.45) is 0.797. The number of hydrogen-bond acceptors (Lipinski definition) is 5. The van der Waals surface area contributed by atoms with Gasteiger partial charge in [-0.15, -0.1) is 10.2 Å². The largest absolute Gasteiger partial charge is 0.335 e. The van der Waals surface area contributed by atoms with Gasteiger partial charge in [0.25, 0.3) is 0 Å². The van der Waals surface area contributed by atoms with Gasteiger partial charge >= 0.3 is 6.03 Å². The summed E-state index contributed by atoms with van der Waals surface area (Å²) in [6, 6.07) is 17.3. The fraction of sp³-hybridized carbons (Fsp3) is 0.238. The normalized spacial score (nSPS) is 11.8. The molecular weight excluding hydrogens is 372 g/mol. The third kappa shape index (κ3) is 4.86. The van der Waals surface area contributed by atoms with E-state index in [4.69, 9.17) is 0 Å². The van der Waals surface area contributed by atoms with Gasteiger partial charge in [0.2, 0.25) is 5.91 Å². The number of rotatable bonds is 6. The maximum absolute atomic E-state index is 12.1. The summed E-state index contributed by atoms with van der Waals surface area (Å²) in [7, 11) is 0. The van der Waals surface area contributed by atoms with E-state index >= 15 is 0 Å². The Bertz CT molecular complexity index is 979. The molecule has 3 amide bonds. The molecule has 0 aliphatic heterocycles. The number of benzene rings is 2. The Morgan fingerprint density at radius 3 is 2.39 bits per heavy atom. The standard InChI is InChI=1S/C21H22N4O2S/c1-3-14(2)22-21(27)23-18(26)13-28-20-17-12-8-7-11-16(17)19(24-25-20)15-9-5-4-6-10-15/h4-12,14H,3,13H2,1-2H3,(H2,22,23,26,27)/t14-/m1/s1. The lowest BCUT2D eigenvalue weighted by atomic mass is 10.1. The van der Waals surface area contributed by atoms with Gasteiger partial charge in [-0.25, -0.2) is 4.79 Å². The molecule has 3 rings (SSSR count). The summed E-state index contributed by atoms with van der Waals surface area (Å²) in [6.45, 7) is 3.85. The SMILES string of the molecule is CC[C@@H](C)NC(=O)NC(=O)CSc1nnc(-c2ccccc2)c2ccccc12. The van der Waals surface area contributed by atoms with Crippen LogP contribution in [0.3, 0.4) is 0 Å². The van der Waals surface area contributed by atoms with Crippen molar-refractivity contribution >= 4 is 34.5 Å². The monoisotopic (exact) mass is 394 g/mol. The second-order valence-corrected chi connectivity index (χ2v) is 7.35. The predicted octanol–water partition coefficient (Wildman–Crippen LogP) is 4.01. The number of thioether (sulfide) groups is 1. The third-order valence-corrected chi connectivity index (χ3v) is 5.26. The molecule has 0 saturated carbocycles. The first-order chi connectivity index (χ1) is 13.6. The third-order valence-electron chi connectivity index (χ3n) is 4.28. The van der Waals surface area contributed by atoms with Crippen LogP contribution in [-0.2, 0) is 4.79 Å². The molecule has 0 spiro atoms. The molecule has 144 valence electrons. The number of amides is 3. The van der Waals surface area contributed by atoms with E-state index < -0.39 is 6.03 Å². The van der Waals surface area contributed by atoms with Gasteiger partial charge in [-0.1, -0.05) is 73.3 Å². The van der Waals surface area contributed by atoms with Crippen LogP contribution in [0.5, 0.6) is 0 Å². The molecule has 2 N–H and O–H groups in total. The van der Waals surface area contributed by atoms with E-state index in [0.717, 1.165) is 28.5 Å². The smallest absolute Gasteiger partial charge is 0.321 e. The van der Waals surface area contributed by atoms with Gasteiger partial charge in [0.05, 0.1) is 5.75 Å². The Morgan fingerprint density at radius 2 is 1.68 bits per heavy atom. The minimum absolute atomic E-state index is 0.0146. The molecule has 1 aromatic heterocycles. The summed E-state index contributed by atoms with van der Waals surface area (Å²) >= 11 is 1.26. The quantitative estimate of drug-likeness (QED) is 0.617. The maximum atomic E-state index is 12.1. The van der Waals surface area contributed by atoms with Crippen molar-refractivity contribution in [3.63, 3.8) is 0 Å². The molecule has 2 aromatic carbocycles. The Hall–Kier alpha value is -2.93. The molecule has 1 atom stereocenters. The zero-order valence-electron chi connectivity index (χ0n) is 15.8.